The number of carbonyl (C=O) groups is 3. The molecule has 0 atom stereocenters. The average Bonchev–Trinajstić information content (AvgIpc) is 2.96. The summed E-state index contributed by atoms with van der Waals surface area (Å²) in [6.45, 7) is 0.620. The number of para-hydroxylation sites is 1. The van der Waals surface area contributed by atoms with Crippen LogP contribution >= 0.6 is 0 Å². The number of hydrogen-bond acceptors (Lipinski definition) is 6. The average molecular weight is 397 g/mol. The lowest BCUT2D eigenvalue weighted by atomic mass is 10.1. The number of ether oxygens (including phenoxy) is 1. The van der Waals surface area contributed by atoms with Crippen LogP contribution in [0.3, 0.4) is 0 Å². The fraction of sp³-hybridized carbons (Fsp3) is 0.250. The maximum atomic E-state index is 12.5. The van der Waals surface area contributed by atoms with E-state index in [1.165, 1.54) is 31.4 Å². The van der Waals surface area contributed by atoms with Crippen LogP contribution in [0.5, 0.6) is 0 Å². The SMILES string of the molecule is COCCCN1C(=O)c2ccc(C(=O)NCc3ccccc3[N+](=O)[O-])cc2C1=O. The van der Waals surface area contributed by atoms with Crippen LogP contribution in [0.1, 0.15) is 43.1 Å². The number of benzene rings is 2. The lowest BCUT2D eigenvalue weighted by Gasteiger charge is -2.12. The smallest absolute Gasteiger partial charge is 0.274 e. The molecule has 1 aliphatic rings. The van der Waals surface area contributed by atoms with Crippen molar-refractivity contribution in [3.05, 3.63) is 74.8 Å². The number of hydrogen-bond donors (Lipinski definition) is 1. The maximum absolute atomic E-state index is 12.5. The number of methoxy groups -OCH3 is 1. The monoisotopic (exact) mass is 397 g/mol. The molecular formula is C20H19N3O6. The Morgan fingerprint density at radius 3 is 2.59 bits per heavy atom. The van der Waals surface area contributed by atoms with Crippen molar-refractivity contribution < 1.29 is 24.0 Å². The molecule has 0 unspecified atom stereocenters. The van der Waals surface area contributed by atoms with Gasteiger partial charge < -0.3 is 10.1 Å². The van der Waals surface area contributed by atoms with Gasteiger partial charge in [0.25, 0.3) is 23.4 Å². The van der Waals surface area contributed by atoms with Gasteiger partial charge in [0, 0.05) is 44.0 Å². The highest BCUT2D eigenvalue weighted by Gasteiger charge is 2.35. The second-order valence-corrected chi connectivity index (χ2v) is 6.44. The Hall–Kier alpha value is -3.59. The molecule has 0 radical (unpaired) electrons. The topological polar surface area (TPSA) is 119 Å². The van der Waals surface area contributed by atoms with Crippen molar-refractivity contribution in [1.82, 2.24) is 10.2 Å². The second kappa shape index (κ2) is 8.61. The highest BCUT2D eigenvalue weighted by Crippen LogP contribution is 2.24. The number of nitro benzene ring substituents is 1. The van der Waals surface area contributed by atoms with Gasteiger partial charge in [-0.3, -0.25) is 29.4 Å². The summed E-state index contributed by atoms with van der Waals surface area (Å²) in [5.74, 6) is -1.34. The summed E-state index contributed by atoms with van der Waals surface area (Å²) in [5, 5.41) is 13.7. The van der Waals surface area contributed by atoms with Gasteiger partial charge in [-0.2, -0.15) is 0 Å². The van der Waals surface area contributed by atoms with Crippen molar-refractivity contribution in [2.24, 2.45) is 0 Å². The van der Waals surface area contributed by atoms with E-state index in [1.807, 2.05) is 0 Å². The van der Waals surface area contributed by atoms with E-state index in [0.717, 1.165) is 4.90 Å². The number of fused-ring (bicyclic) bond motifs is 1. The molecule has 2 aromatic rings. The molecule has 1 N–H and O–H groups in total. The zero-order chi connectivity index (χ0) is 21.0. The molecule has 0 spiro atoms. The Balaban J connectivity index is 1.73. The fourth-order valence-electron chi connectivity index (χ4n) is 3.12. The number of amides is 3. The molecule has 3 rings (SSSR count). The minimum atomic E-state index is -0.515. The largest absolute Gasteiger partial charge is 0.385 e. The van der Waals surface area contributed by atoms with Crippen molar-refractivity contribution in [2.75, 3.05) is 20.3 Å². The van der Waals surface area contributed by atoms with Crippen LogP contribution in [0.15, 0.2) is 42.5 Å². The minimum absolute atomic E-state index is 0.0386. The van der Waals surface area contributed by atoms with E-state index >= 15 is 0 Å². The van der Waals surface area contributed by atoms with Gasteiger partial charge in [-0.1, -0.05) is 18.2 Å². The molecule has 9 heteroatoms. The summed E-state index contributed by atoms with van der Waals surface area (Å²) in [6.07, 6.45) is 0.519. The van der Waals surface area contributed by atoms with Gasteiger partial charge >= 0.3 is 0 Å². The summed E-state index contributed by atoms with van der Waals surface area (Å²) < 4.78 is 4.94. The van der Waals surface area contributed by atoms with Gasteiger partial charge in [0.2, 0.25) is 0 Å². The van der Waals surface area contributed by atoms with Gasteiger partial charge in [0.1, 0.15) is 0 Å². The zero-order valence-electron chi connectivity index (χ0n) is 15.7. The Bertz CT molecular complexity index is 988. The van der Waals surface area contributed by atoms with Crippen LogP contribution in [0.25, 0.3) is 0 Å². The van der Waals surface area contributed by atoms with Crippen molar-refractivity contribution >= 4 is 23.4 Å². The van der Waals surface area contributed by atoms with Gasteiger partial charge in [-0.05, 0) is 24.6 Å². The number of imide groups is 1. The van der Waals surface area contributed by atoms with Crippen LogP contribution in [-0.4, -0.2) is 47.8 Å². The molecule has 0 saturated heterocycles. The predicted octanol–water partition coefficient (Wildman–Crippen LogP) is 2.16. The van der Waals surface area contributed by atoms with Gasteiger partial charge in [-0.15, -0.1) is 0 Å². The normalized spacial score (nSPS) is 12.8. The van der Waals surface area contributed by atoms with Crippen LogP contribution in [0, 0.1) is 10.1 Å². The van der Waals surface area contributed by atoms with Crippen molar-refractivity contribution in [3.63, 3.8) is 0 Å². The standard InChI is InChI=1S/C20H19N3O6/c1-29-10-4-9-22-19(25)15-8-7-13(11-16(15)20(22)26)18(24)21-12-14-5-2-3-6-17(14)23(27)28/h2-3,5-8,11H,4,9-10,12H2,1H3,(H,21,24). The molecule has 2 aromatic carbocycles. The maximum Gasteiger partial charge on any atom is 0.274 e. The highest BCUT2D eigenvalue weighted by atomic mass is 16.6. The van der Waals surface area contributed by atoms with E-state index in [9.17, 15) is 24.5 Å². The summed E-state index contributed by atoms with van der Waals surface area (Å²) in [6, 6.07) is 10.4. The third-order valence-electron chi connectivity index (χ3n) is 4.59. The molecule has 29 heavy (non-hydrogen) atoms. The summed E-state index contributed by atoms with van der Waals surface area (Å²) >= 11 is 0. The Labute approximate surface area is 166 Å². The Morgan fingerprint density at radius 2 is 1.86 bits per heavy atom. The lowest BCUT2D eigenvalue weighted by molar-refractivity contribution is -0.385. The fourth-order valence-corrected chi connectivity index (χ4v) is 3.12. The first-order valence-electron chi connectivity index (χ1n) is 8.93. The first kappa shape index (κ1) is 20.2. The van der Waals surface area contributed by atoms with Crippen molar-refractivity contribution in [1.29, 1.82) is 0 Å². The molecular weight excluding hydrogens is 378 g/mol. The first-order valence-corrected chi connectivity index (χ1v) is 8.93. The van der Waals surface area contributed by atoms with Gasteiger partial charge in [0.15, 0.2) is 0 Å². The number of nitro groups is 1. The molecule has 3 amide bonds. The predicted molar refractivity (Wildman–Crippen MR) is 103 cm³/mol. The zero-order valence-corrected chi connectivity index (χ0v) is 15.7. The molecule has 1 aliphatic heterocycles. The van der Waals surface area contributed by atoms with Crippen LogP contribution in [0.2, 0.25) is 0 Å². The van der Waals surface area contributed by atoms with Crippen molar-refractivity contribution in [2.45, 2.75) is 13.0 Å². The van der Waals surface area contributed by atoms with Crippen molar-refractivity contribution in [3.8, 4) is 0 Å². The summed E-state index contributed by atoms with van der Waals surface area (Å²) in [4.78, 5) is 49.1. The number of nitrogens with zero attached hydrogens (tertiary/aromatic N) is 2. The quantitative estimate of drug-likeness (QED) is 0.316. The molecule has 9 nitrogen and oxygen atoms in total. The second-order valence-electron chi connectivity index (χ2n) is 6.44. The first-order chi connectivity index (χ1) is 13.9. The van der Waals surface area contributed by atoms with Crippen LogP contribution in [-0.2, 0) is 11.3 Å². The number of carbonyl (C=O) groups excluding carboxylic acids is 3. The molecule has 0 aromatic heterocycles. The van der Waals surface area contributed by atoms with E-state index < -0.39 is 22.6 Å². The van der Waals surface area contributed by atoms with E-state index in [0.29, 0.717) is 18.6 Å². The Kier molecular flexibility index (Phi) is 5.99. The van der Waals surface area contributed by atoms with Crippen LogP contribution in [0.4, 0.5) is 5.69 Å². The highest BCUT2D eigenvalue weighted by molar-refractivity contribution is 6.22. The molecule has 1 heterocycles. The lowest BCUT2D eigenvalue weighted by Crippen LogP contribution is -2.31. The van der Waals surface area contributed by atoms with E-state index in [2.05, 4.69) is 5.32 Å². The van der Waals surface area contributed by atoms with Crippen LogP contribution < -0.4 is 5.32 Å². The molecule has 0 bridgehead atoms. The third-order valence-corrected chi connectivity index (χ3v) is 4.59. The molecule has 150 valence electrons. The minimum Gasteiger partial charge on any atom is -0.385 e. The molecule has 0 fully saturated rings. The number of rotatable bonds is 8. The van der Waals surface area contributed by atoms with E-state index in [4.69, 9.17) is 4.74 Å². The van der Waals surface area contributed by atoms with Gasteiger partial charge in [0.05, 0.1) is 16.1 Å². The Morgan fingerprint density at radius 1 is 1.14 bits per heavy atom. The third kappa shape index (κ3) is 4.14. The number of nitrogens with one attached hydrogen (secondary N) is 1. The van der Waals surface area contributed by atoms with E-state index in [-0.39, 0.29) is 35.5 Å². The molecule has 0 saturated carbocycles. The molecule has 0 aliphatic carbocycles. The van der Waals surface area contributed by atoms with E-state index in [1.54, 1.807) is 18.2 Å². The summed E-state index contributed by atoms with van der Waals surface area (Å²) in [7, 11) is 1.54. The summed E-state index contributed by atoms with van der Waals surface area (Å²) in [5.41, 5.74) is 0.896. The van der Waals surface area contributed by atoms with Gasteiger partial charge in [-0.25, -0.2) is 0 Å².